The molecule has 1 aliphatic heterocycles. The van der Waals surface area contributed by atoms with Gasteiger partial charge in [0.15, 0.2) is 11.6 Å². The first kappa shape index (κ1) is 16.5. The van der Waals surface area contributed by atoms with Gasteiger partial charge in [-0.2, -0.15) is 0 Å². The van der Waals surface area contributed by atoms with E-state index < -0.39 is 0 Å². The number of halogens is 1. The quantitative estimate of drug-likeness (QED) is 0.680. The van der Waals surface area contributed by atoms with Crippen LogP contribution < -0.4 is 10.6 Å². The molecular formula is C17H19ClN4O2. The highest BCUT2D eigenvalue weighted by molar-refractivity contribution is 5.94. The first-order valence-corrected chi connectivity index (χ1v) is 7.85. The van der Waals surface area contributed by atoms with Crippen LogP contribution in [0.3, 0.4) is 0 Å². The molecule has 0 radical (unpaired) electrons. The van der Waals surface area contributed by atoms with E-state index in [9.17, 15) is 4.79 Å². The number of anilines is 1. The van der Waals surface area contributed by atoms with Gasteiger partial charge in [0.1, 0.15) is 0 Å². The largest absolute Gasteiger partial charge is 0.461 e. The lowest BCUT2D eigenvalue weighted by molar-refractivity contribution is -0.120. The zero-order chi connectivity index (χ0) is 15.6. The summed E-state index contributed by atoms with van der Waals surface area (Å²) in [6.45, 7) is 1.81. The van der Waals surface area contributed by atoms with Crippen LogP contribution >= 0.6 is 12.4 Å². The number of furan rings is 1. The number of imidazole rings is 1. The maximum Gasteiger partial charge on any atom is 0.227 e. The molecule has 1 amide bonds. The Morgan fingerprint density at radius 2 is 2.08 bits per heavy atom. The summed E-state index contributed by atoms with van der Waals surface area (Å²) < 4.78 is 5.35. The molecule has 3 N–H and O–H groups in total. The normalized spacial score (nSPS) is 15.2. The second kappa shape index (κ2) is 7.07. The number of benzene rings is 1. The molecule has 0 bridgehead atoms. The minimum Gasteiger partial charge on any atom is -0.461 e. The minimum absolute atomic E-state index is 0. The SMILES string of the molecule is Cl.O=C(Nc1ccc2nc(-c3ccco3)[nH]c2c1)C1CCNCC1. The molecule has 24 heavy (non-hydrogen) atoms. The molecule has 0 unspecified atom stereocenters. The minimum atomic E-state index is 0. The Balaban J connectivity index is 0.00000169. The van der Waals surface area contributed by atoms with Crippen molar-refractivity contribution in [2.45, 2.75) is 12.8 Å². The van der Waals surface area contributed by atoms with Gasteiger partial charge in [-0.05, 0) is 56.3 Å². The maximum absolute atomic E-state index is 12.3. The van der Waals surface area contributed by atoms with E-state index in [2.05, 4.69) is 20.6 Å². The van der Waals surface area contributed by atoms with Crippen LogP contribution in [0.1, 0.15) is 12.8 Å². The highest BCUT2D eigenvalue weighted by atomic mass is 35.5. The molecule has 3 heterocycles. The van der Waals surface area contributed by atoms with Gasteiger partial charge in [0.25, 0.3) is 0 Å². The van der Waals surface area contributed by atoms with Gasteiger partial charge in [-0.3, -0.25) is 4.79 Å². The summed E-state index contributed by atoms with van der Waals surface area (Å²) in [4.78, 5) is 20.0. The smallest absolute Gasteiger partial charge is 0.227 e. The van der Waals surface area contributed by atoms with E-state index in [4.69, 9.17) is 4.42 Å². The number of fused-ring (bicyclic) bond motifs is 1. The van der Waals surface area contributed by atoms with Crippen molar-refractivity contribution in [3.05, 3.63) is 36.6 Å². The summed E-state index contributed by atoms with van der Waals surface area (Å²) in [5.74, 6) is 1.57. The van der Waals surface area contributed by atoms with E-state index in [0.29, 0.717) is 11.6 Å². The second-order valence-electron chi connectivity index (χ2n) is 5.81. The summed E-state index contributed by atoms with van der Waals surface area (Å²) in [5, 5.41) is 6.28. The van der Waals surface area contributed by atoms with Crippen LogP contribution in [0.5, 0.6) is 0 Å². The van der Waals surface area contributed by atoms with Crippen molar-refractivity contribution in [1.82, 2.24) is 15.3 Å². The number of rotatable bonds is 3. The van der Waals surface area contributed by atoms with E-state index in [1.165, 1.54) is 0 Å². The van der Waals surface area contributed by atoms with Crippen molar-refractivity contribution in [2.75, 3.05) is 18.4 Å². The number of nitrogens with zero attached hydrogens (tertiary/aromatic N) is 1. The van der Waals surface area contributed by atoms with E-state index in [0.717, 1.165) is 42.7 Å². The van der Waals surface area contributed by atoms with E-state index in [1.807, 2.05) is 30.3 Å². The molecule has 6 nitrogen and oxygen atoms in total. The number of hydrogen-bond acceptors (Lipinski definition) is 4. The number of carbonyl (C=O) groups is 1. The first-order valence-electron chi connectivity index (χ1n) is 7.85. The fraction of sp³-hybridized carbons (Fsp3) is 0.294. The second-order valence-corrected chi connectivity index (χ2v) is 5.81. The molecule has 126 valence electrons. The highest BCUT2D eigenvalue weighted by Crippen LogP contribution is 2.24. The summed E-state index contributed by atoms with van der Waals surface area (Å²) in [5.41, 5.74) is 2.51. The zero-order valence-corrected chi connectivity index (χ0v) is 13.9. The molecule has 0 atom stereocenters. The average Bonchev–Trinajstić information content (AvgIpc) is 3.24. The van der Waals surface area contributed by atoms with Crippen molar-refractivity contribution in [2.24, 2.45) is 5.92 Å². The fourth-order valence-electron chi connectivity index (χ4n) is 2.95. The summed E-state index contributed by atoms with van der Waals surface area (Å²) in [7, 11) is 0. The third-order valence-electron chi connectivity index (χ3n) is 4.21. The van der Waals surface area contributed by atoms with Crippen LogP contribution in [-0.2, 0) is 4.79 Å². The maximum atomic E-state index is 12.3. The molecule has 0 saturated carbocycles. The lowest BCUT2D eigenvalue weighted by atomic mass is 9.97. The molecule has 4 rings (SSSR count). The Kier molecular flexibility index (Phi) is 4.87. The summed E-state index contributed by atoms with van der Waals surface area (Å²) in [6.07, 6.45) is 3.40. The van der Waals surface area contributed by atoms with Crippen molar-refractivity contribution < 1.29 is 9.21 Å². The zero-order valence-electron chi connectivity index (χ0n) is 13.0. The highest BCUT2D eigenvalue weighted by Gasteiger charge is 2.21. The van der Waals surface area contributed by atoms with E-state index in [1.54, 1.807) is 6.26 Å². The lowest BCUT2D eigenvalue weighted by Gasteiger charge is -2.21. The Morgan fingerprint density at radius 3 is 2.83 bits per heavy atom. The van der Waals surface area contributed by atoms with Gasteiger partial charge >= 0.3 is 0 Å². The van der Waals surface area contributed by atoms with E-state index >= 15 is 0 Å². The predicted molar refractivity (Wildman–Crippen MR) is 95.3 cm³/mol. The Morgan fingerprint density at radius 1 is 1.25 bits per heavy atom. The van der Waals surface area contributed by atoms with Crippen LogP contribution in [0.25, 0.3) is 22.6 Å². The van der Waals surface area contributed by atoms with Gasteiger partial charge < -0.3 is 20.0 Å². The lowest BCUT2D eigenvalue weighted by Crippen LogP contribution is -2.34. The number of aromatic nitrogens is 2. The van der Waals surface area contributed by atoms with Crippen LogP contribution in [0, 0.1) is 5.92 Å². The van der Waals surface area contributed by atoms with Crippen molar-refractivity contribution >= 4 is 35.0 Å². The number of H-pyrrole nitrogens is 1. The average molecular weight is 347 g/mol. The predicted octanol–water partition coefficient (Wildman–Crippen LogP) is 3.18. The number of hydrogen-bond donors (Lipinski definition) is 3. The number of nitrogens with one attached hydrogen (secondary N) is 3. The molecule has 0 spiro atoms. The van der Waals surface area contributed by atoms with Crippen LogP contribution in [0.2, 0.25) is 0 Å². The Bertz CT molecular complexity index is 822. The van der Waals surface area contributed by atoms with Crippen molar-refractivity contribution in [3.8, 4) is 11.6 Å². The molecule has 7 heteroatoms. The van der Waals surface area contributed by atoms with Crippen LogP contribution in [-0.4, -0.2) is 29.0 Å². The molecule has 2 aromatic heterocycles. The van der Waals surface area contributed by atoms with Crippen LogP contribution in [0.15, 0.2) is 41.0 Å². The third kappa shape index (κ3) is 3.29. The summed E-state index contributed by atoms with van der Waals surface area (Å²) >= 11 is 0. The third-order valence-corrected chi connectivity index (χ3v) is 4.21. The van der Waals surface area contributed by atoms with Gasteiger partial charge in [-0.1, -0.05) is 0 Å². The van der Waals surface area contributed by atoms with Gasteiger partial charge in [0.2, 0.25) is 5.91 Å². The molecule has 1 saturated heterocycles. The molecule has 1 fully saturated rings. The number of carbonyl (C=O) groups excluding carboxylic acids is 1. The van der Waals surface area contributed by atoms with Gasteiger partial charge in [0.05, 0.1) is 17.3 Å². The van der Waals surface area contributed by atoms with Gasteiger partial charge in [-0.25, -0.2) is 4.98 Å². The molecule has 1 aliphatic rings. The molecule has 0 aliphatic carbocycles. The number of piperidine rings is 1. The Labute approximate surface area is 145 Å². The van der Waals surface area contributed by atoms with E-state index in [-0.39, 0.29) is 24.2 Å². The molecule has 3 aromatic rings. The molecule has 1 aromatic carbocycles. The monoisotopic (exact) mass is 346 g/mol. The molecular weight excluding hydrogens is 328 g/mol. The fourth-order valence-corrected chi connectivity index (χ4v) is 2.95. The van der Waals surface area contributed by atoms with Gasteiger partial charge in [0, 0.05) is 11.6 Å². The topological polar surface area (TPSA) is 83.0 Å². The number of amides is 1. The van der Waals surface area contributed by atoms with Gasteiger partial charge in [-0.15, -0.1) is 12.4 Å². The number of aromatic amines is 1. The Hall–Kier alpha value is -2.31. The van der Waals surface area contributed by atoms with Crippen LogP contribution in [0.4, 0.5) is 5.69 Å². The summed E-state index contributed by atoms with van der Waals surface area (Å²) in [6, 6.07) is 9.38. The standard InChI is InChI=1S/C17H18N4O2.ClH/c22-17(11-5-7-18-8-6-11)19-12-3-4-13-14(10-12)21-16(20-13)15-2-1-9-23-15;/h1-4,9-11,18H,5-8H2,(H,19,22)(H,20,21);1H. The van der Waals surface area contributed by atoms with Crippen molar-refractivity contribution in [1.29, 1.82) is 0 Å². The van der Waals surface area contributed by atoms with Crippen molar-refractivity contribution in [3.63, 3.8) is 0 Å². The first-order chi connectivity index (χ1) is 11.3.